The first-order valence-corrected chi connectivity index (χ1v) is 7.68. The van der Waals surface area contributed by atoms with Gasteiger partial charge in [-0.05, 0) is 20.5 Å². The minimum absolute atomic E-state index is 0.0127. The van der Waals surface area contributed by atoms with Gasteiger partial charge in [-0.1, -0.05) is 6.08 Å². The number of likely N-dealkylation sites (N-methyl/N-ethyl adjacent to an activating group) is 1. The molecule has 1 saturated heterocycles. The number of amides is 2. The highest BCUT2D eigenvalue weighted by Gasteiger charge is 2.32. The van der Waals surface area contributed by atoms with Gasteiger partial charge in [0.2, 0.25) is 11.8 Å². The van der Waals surface area contributed by atoms with Crippen LogP contribution in [0, 0.1) is 5.92 Å². The van der Waals surface area contributed by atoms with Crippen LogP contribution in [0.25, 0.3) is 0 Å². The summed E-state index contributed by atoms with van der Waals surface area (Å²) in [6, 6.07) is 0. The van der Waals surface area contributed by atoms with Crippen molar-refractivity contribution in [2.75, 3.05) is 54.9 Å². The molecule has 0 aromatic carbocycles. The zero-order valence-corrected chi connectivity index (χ0v) is 14.4. The van der Waals surface area contributed by atoms with Crippen molar-refractivity contribution in [3.05, 3.63) is 12.2 Å². The van der Waals surface area contributed by atoms with E-state index in [4.69, 9.17) is 4.74 Å². The molecule has 6 heteroatoms. The van der Waals surface area contributed by atoms with Crippen molar-refractivity contribution in [1.82, 2.24) is 14.7 Å². The molecule has 0 spiro atoms. The third-order valence-electron chi connectivity index (χ3n) is 3.95. The van der Waals surface area contributed by atoms with Crippen LogP contribution in [0.4, 0.5) is 0 Å². The predicted molar refractivity (Wildman–Crippen MR) is 86.5 cm³/mol. The van der Waals surface area contributed by atoms with Crippen LogP contribution in [0.1, 0.15) is 12.8 Å². The maximum absolute atomic E-state index is 12.2. The molecule has 2 atom stereocenters. The Kier molecular flexibility index (Phi) is 7.55. The van der Waals surface area contributed by atoms with E-state index >= 15 is 0 Å². The van der Waals surface area contributed by atoms with Gasteiger partial charge in [0.15, 0.2) is 0 Å². The molecule has 1 fully saturated rings. The Bertz CT molecular complexity index is 407. The molecule has 1 rings (SSSR count). The topological polar surface area (TPSA) is 53.1 Å². The van der Waals surface area contributed by atoms with Gasteiger partial charge in [-0.2, -0.15) is 0 Å². The number of likely N-dealkylation sites (tertiary alicyclic amines) is 1. The monoisotopic (exact) mass is 311 g/mol. The maximum atomic E-state index is 12.2. The Morgan fingerprint density at radius 2 is 1.95 bits per heavy atom. The number of carbonyl (C=O) groups is 2. The Hall–Kier alpha value is -1.40. The summed E-state index contributed by atoms with van der Waals surface area (Å²) in [6.07, 6.45) is 4.72. The molecule has 6 nitrogen and oxygen atoms in total. The standard InChI is InChI=1S/C16H29N3O3/c1-17(2)9-6-7-15(20)19-10-8-14(22-5)13(12-19)11-16(21)18(3)4/h6-7,13-14H,8-12H2,1-5H3/t13-,14-/m1/s1. The average Bonchev–Trinajstić information content (AvgIpc) is 2.46. The Morgan fingerprint density at radius 1 is 1.27 bits per heavy atom. The van der Waals surface area contributed by atoms with Gasteiger partial charge in [-0.3, -0.25) is 9.59 Å². The number of rotatable bonds is 6. The van der Waals surface area contributed by atoms with Crippen LogP contribution in [-0.2, 0) is 14.3 Å². The highest BCUT2D eigenvalue weighted by molar-refractivity contribution is 5.87. The minimum Gasteiger partial charge on any atom is -0.381 e. The third kappa shape index (κ3) is 5.77. The largest absolute Gasteiger partial charge is 0.381 e. The second-order valence-electron chi connectivity index (χ2n) is 6.26. The van der Waals surface area contributed by atoms with Crippen molar-refractivity contribution in [3.63, 3.8) is 0 Å². The van der Waals surface area contributed by atoms with Crippen molar-refractivity contribution >= 4 is 11.8 Å². The normalized spacial score (nSPS) is 22.4. The van der Waals surface area contributed by atoms with Crippen molar-refractivity contribution < 1.29 is 14.3 Å². The highest BCUT2D eigenvalue weighted by Crippen LogP contribution is 2.23. The van der Waals surface area contributed by atoms with Crippen LogP contribution >= 0.6 is 0 Å². The van der Waals surface area contributed by atoms with Crippen molar-refractivity contribution in [2.24, 2.45) is 5.92 Å². The lowest BCUT2D eigenvalue weighted by molar-refractivity contribution is -0.136. The van der Waals surface area contributed by atoms with Crippen LogP contribution in [-0.4, -0.2) is 87.6 Å². The summed E-state index contributed by atoms with van der Waals surface area (Å²) in [4.78, 5) is 29.6. The van der Waals surface area contributed by atoms with E-state index in [1.54, 1.807) is 32.2 Å². The molecule has 0 saturated carbocycles. The van der Waals surface area contributed by atoms with E-state index < -0.39 is 0 Å². The molecule has 2 amide bonds. The molecule has 1 heterocycles. The maximum Gasteiger partial charge on any atom is 0.246 e. The van der Waals surface area contributed by atoms with E-state index in [0.29, 0.717) is 19.5 Å². The van der Waals surface area contributed by atoms with E-state index in [9.17, 15) is 9.59 Å². The van der Waals surface area contributed by atoms with Gasteiger partial charge in [0, 0.05) is 59.3 Å². The second kappa shape index (κ2) is 8.90. The van der Waals surface area contributed by atoms with Crippen molar-refractivity contribution in [2.45, 2.75) is 18.9 Å². The Balaban J connectivity index is 2.63. The lowest BCUT2D eigenvalue weighted by atomic mass is 9.91. The molecule has 0 aromatic heterocycles. The van der Waals surface area contributed by atoms with Crippen LogP contribution in [0.3, 0.4) is 0 Å². The van der Waals surface area contributed by atoms with Crippen molar-refractivity contribution in [1.29, 1.82) is 0 Å². The first-order chi connectivity index (χ1) is 10.3. The number of hydrogen-bond acceptors (Lipinski definition) is 4. The van der Waals surface area contributed by atoms with E-state index in [1.807, 2.05) is 30.0 Å². The van der Waals surface area contributed by atoms with E-state index in [0.717, 1.165) is 13.0 Å². The molecular weight excluding hydrogens is 282 g/mol. The molecule has 0 radical (unpaired) electrons. The molecule has 1 aliphatic heterocycles. The van der Waals surface area contributed by atoms with Gasteiger partial charge < -0.3 is 19.4 Å². The van der Waals surface area contributed by atoms with Crippen LogP contribution in [0.15, 0.2) is 12.2 Å². The predicted octanol–water partition coefficient (Wildman–Crippen LogP) is 0.446. The number of piperidine rings is 1. The lowest BCUT2D eigenvalue weighted by Gasteiger charge is -2.37. The van der Waals surface area contributed by atoms with Gasteiger partial charge in [-0.25, -0.2) is 0 Å². The molecule has 0 bridgehead atoms. The van der Waals surface area contributed by atoms with Gasteiger partial charge in [-0.15, -0.1) is 0 Å². The average molecular weight is 311 g/mol. The van der Waals surface area contributed by atoms with E-state index in [1.165, 1.54) is 0 Å². The highest BCUT2D eigenvalue weighted by atomic mass is 16.5. The summed E-state index contributed by atoms with van der Waals surface area (Å²) in [5.74, 6) is 0.142. The molecular formula is C16H29N3O3. The molecule has 0 aliphatic carbocycles. The first-order valence-electron chi connectivity index (χ1n) is 7.68. The lowest BCUT2D eigenvalue weighted by Crippen LogP contribution is -2.47. The summed E-state index contributed by atoms with van der Waals surface area (Å²) in [5, 5.41) is 0. The van der Waals surface area contributed by atoms with Gasteiger partial charge >= 0.3 is 0 Å². The van der Waals surface area contributed by atoms with Crippen LogP contribution < -0.4 is 0 Å². The minimum atomic E-state index is 0.0127. The van der Waals surface area contributed by atoms with Crippen molar-refractivity contribution in [3.8, 4) is 0 Å². The number of carbonyl (C=O) groups excluding carboxylic acids is 2. The SMILES string of the molecule is CO[C@@H]1CCN(C(=O)C=CCN(C)C)C[C@H]1CC(=O)N(C)C. The first kappa shape index (κ1) is 18.6. The quantitative estimate of drug-likeness (QED) is 0.668. The zero-order valence-electron chi connectivity index (χ0n) is 14.4. The molecule has 22 heavy (non-hydrogen) atoms. The van der Waals surface area contributed by atoms with E-state index in [2.05, 4.69) is 0 Å². The van der Waals surface area contributed by atoms with Gasteiger partial charge in [0.1, 0.15) is 0 Å². The smallest absolute Gasteiger partial charge is 0.246 e. The van der Waals surface area contributed by atoms with Crippen LogP contribution in [0.5, 0.6) is 0 Å². The zero-order chi connectivity index (χ0) is 16.7. The summed E-state index contributed by atoms with van der Waals surface area (Å²) in [5.41, 5.74) is 0. The number of hydrogen-bond donors (Lipinski definition) is 0. The molecule has 0 N–H and O–H groups in total. The fourth-order valence-electron chi connectivity index (χ4n) is 2.59. The number of methoxy groups -OCH3 is 1. The molecule has 0 unspecified atom stereocenters. The molecule has 126 valence electrons. The molecule has 1 aliphatic rings. The Labute approximate surface area is 133 Å². The fourth-order valence-corrected chi connectivity index (χ4v) is 2.59. The summed E-state index contributed by atoms with van der Waals surface area (Å²) in [7, 11) is 9.09. The third-order valence-corrected chi connectivity index (χ3v) is 3.95. The molecule has 0 aromatic rings. The fraction of sp³-hybridized carbons (Fsp3) is 0.750. The number of ether oxygens (including phenoxy) is 1. The van der Waals surface area contributed by atoms with E-state index in [-0.39, 0.29) is 23.8 Å². The Morgan fingerprint density at radius 3 is 2.50 bits per heavy atom. The van der Waals surface area contributed by atoms with Crippen LogP contribution in [0.2, 0.25) is 0 Å². The summed E-state index contributed by atoms with van der Waals surface area (Å²) in [6.45, 7) is 1.99. The summed E-state index contributed by atoms with van der Waals surface area (Å²) < 4.78 is 5.49. The van der Waals surface area contributed by atoms with Gasteiger partial charge in [0.05, 0.1) is 6.10 Å². The second-order valence-corrected chi connectivity index (χ2v) is 6.26. The number of nitrogens with zero attached hydrogens (tertiary/aromatic N) is 3. The summed E-state index contributed by atoms with van der Waals surface area (Å²) >= 11 is 0. The van der Waals surface area contributed by atoms with Gasteiger partial charge in [0.25, 0.3) is 0 Å².